The molecule has 2 aromatic carbocycles. The topological polar surface area (TPSA) is 103 Å². The number of aliphatic hydroxyl groups is 1. The molecule has 31 heavy (non-hydrogen) atoms. The van der Waals surface area contributed by atoms with E-state index in [4.69, 9.17) is 5.73 Å². The molecule has 1 saturated heterocycles. The second kappa shape index (κ2) is 8.08. The van der Waals surface area contributed by atoms with Crippen molar-refractivity contribution in [3.05, 3.63) is 68.4 Å². The fourth-order valence-corrected chi connectivity index (χ4v) is 4.22. The van der Waals surface area contributed by atoms with Crippen LogP contribution >= 0.6 is 22.6 Å². The largest absolute Gasteiger partial charge is 0.380 e. The van der Waals surface area contributed by atoms with Gasteiger partial charge in [0.15, 0.2) is 17.6 Å². The van der Waals surface area contributed by atoms with Crippen LogP contribution in [-0.4, -0.2) is 47.1 Å². The van der Waals surface area contributed by atoms with Crippen molar-refractivity contribution in [2.24, 2.45) is 10.7 Å². The number of aliphatic imine (C=N–C) groups is 1. The first kappa shape index (κ1) is 21.5. The van der Waals surface area contributed by atoms with E-state index in [0.29, 0.717) is 17.9 Å². The highest BCUT2D eigenvalue weighted by molar-refractivity contribution is 14.1. The second-order valence-corrected chi connectivity index (χ2v) is 8.77. The molecule has 2 aliphatic heterocycles. The Morgan fingerprint density at radius 2 is 2.06 bits per heavy atom. The van der Waals surface area contributed by atoms with Crippen LogP contribution in [0.2, 0.25) is 0 Å². The maximum absolute atomic E-state index is 14.7. The van der Waals surface area contributed by atoms with Gasteiger partial charge in [0.25, 0.3) is 5.91 Å². The molecule has 0 atom stereocenters. The van der Waals surface area contributed by atoms with E-state index in [1.165, 1.54) is 11.0 Å². The number of nitrogens with one attached hydrogen (secondary N) is 2. The van der Waals surface area contributed by atoms with E-state index in [-0.39, 0.29) is 30.3 Å². The predicted octanol–water partition coefficient (Wildman–Crippen LogP) is 2.61. The molecule has 162 valence electrons. The summed E-state index contributed by atoms with van der Waals surface area (Å²) >= 11 is 2.15. The minimum atomic E-state index is -1.33. The molecule has 2 heterocycles. The Morgan fingerprint density at radius 1 is 1.32 bits per heavy atom. The third-order valence-corrected chi connectivity index (χ3v) is 5.93. The van der Waals surface area contributed by atoms with Crippen molar-refractivity contribution in [3.8, 4) is 0 Å². The number of hydrogen-bond donors (Lipinski definition) is 4. The van der Waals surface area contributed by atoms with Crippen molar-refractivity contribution >= 4 is 45.8 Å². The van der Waals surface area contributed by atoms with Crippen LogP contribution in [0.25, 0.3) is 0 Å². The lowest BCUT2D eigenvalue weighted by Crippen LogP contribution is -2.64. The van der Waals surface area contributed by atoms with Crippen LogP contribution in [0.15, 0.2) is 47.1 Å². The summed E-state index contributed by atoms with van der Waals surface area (Å²) in [5, 5.41) is 16.5. The van der Waals surface area contributed by atoms with E-state index in [2.05, 4.69) is 38.2 Å². The lowest BCUT2D eigenvalue weighted by atomic mass is 9.89. The molecule has 0 aliphatic carbocycles. The van der Waals surface area contributed by atoms with Crippen LogP contribution in [-0.2, 0) is 0 Å². The van der Waals surface area contributed by atoms with Gasteiger partial charge in [-0.2, -0.15) is 0 Å². The second-order valence-electron chi connectivity index (χ2n) is 7.53. The molecule has 2 aliphatic rings. The monoisotopic (exact) mass is 539 g/mol. The van der Waals surface area contributed by atoms with Crippen molar-refractivity contribution in [2.75, 3.05) is 25.0 Å². The summed E-state index contributed by atoms with van der Waals surface area (Å²) in [7, 11) is 0. The Bertz CT molecular complexity index is 1130. The number of anilines is 2. The maximum Gasteiger partial charge on any atom is 0.256 e. The SMILES string of the molecule is Cc1cc(I)ccc1Nc1c(C(=O)N2CC(O)(C3=CCNC(N)=N3)C2)ccc(F)c1F. The van der Waals surface area contributed by atoms with Crippen LogP contribution in [0.4, 0.5) is 20.2 Å². The van der Waals surface area contributed by atoms with E-state index < -0.39 is 23.1 Å². The van der Waals surface area contributed by atoms with Gasteiger partial charge in [-0.1, -0.05) is 0 Å². The van der Waals surface area contributed by atoms with Gasteiger partial charge in [-0.3, -0.25) is 4.79 Å². The van der Waals surface area contributed by atoms with Crippen LogP contribution < -0.4 is 16.4 Å². The fourth-order valence-electron chi connectivity index (χ4n) is 3.58. The summed E-state index contributed by atoms with van der Waals surface area (Å²) in [6.45, 7) is 2.19. The maximum atomic E-state index is 14.7. The standard InChI is InChI=1S/C21H20F2IN5O2/c1-11-8-12(24)2-5-15(11)27-18-13(3-4-14(22)17(18)23)19(30)29-9-21(31,10-29)16-6-7-26-20(25)28-16/h2-6,8,27,31H,7,9-10H2,1H3,(H3,25,26,28). The van der Waals surface area contributed by atoms with Crippen molar-refractivity contribution in [1.82, 2.24) is 10.2 Å². The van der Waals surface area contributed by atoms with Gasteiger partial charge in [0.05, 0.1) is 30.0 Å². The molecular formula is C21H20F2IN5O2. The van der Waals surface area contributed by atoms with Crippen LogP contribution in [0.5, 0.6) is 0 Å². The summed E-state index contributed by atoms with van der Waals surface area (Å²) < 4.78 is 29.6. The Labute approximate surface area is 191 Å². The van der Waals surface area contributed by atoms with Gasteiger partial charge in [0.1, 0.15) is 5.60 Å². The van der Waals surface area contributed by atoms with E-state index in [0.717, 1.165) is 15.2 Å². The smallest absolute Gasteiger partial charge is 0.256 e. The number of carbonyl (C=O) groups excluding carboxylic acids is 1. The third kappa shape index (κ3) is 4.09. The van der Waals surface area contributed by atoms with Gasteiger partial charge in [-0.15, -0.1) is 0 Å². The number of hydrogen-bond acceptors (Lipinski definition) is 6. The zero-order valence-electron chi connectivity index (χ0n) is 16.5. The molecule has 0 spiro atoms. The highest BCUT2D eigenvalue weighted by Gasteiger charge is 2.47. The van der Waals surface area contributed by atoms with Crippen molar-refractivity contribution < 1.29 is 18.7 Å². The average Bonchev–Trinajstić information content (AvgIpc) is 2.70. The van der Waals surface area contributed by atoms with Gasteiger partial charge >= 0.3 is 0 Å². The summed E-state index contributed by atoms with van der Waals surface area (Å²) in [6.07, 6.45) is 1.70. The number of aryl methyl sites for hydroxylation is 1. The van der Waals surface area contributed by atoms with E-state index in [9.17, 15) is 18.7 Å². The lowest BCUT2D eigenvalue weighted by Gasteiger charge is -2.47. The van der Waals surface area contributed by atoms with E-state index in [1.807, 2.05) is 19.1 Å². The molecule has 0 bridgehead atoms. The Morgan fingerprint density at radius 3 is 2.74 bits per heavy atom. The van der Waals surface area contributed by atoms with Gasteiger partial charge < -0.3 is 26.4 Å². The molecule has 1 amide bonds. The summed E-state index contributed by atoms with van der Waals surface area (Å²) in [5.41, 5.74) is 5.81. The first-order valence-corrected chi connectivity index (χ1v) is 10.6. The Balaban J connectivity index is 1.59. The predicted molar refractivity (Wildman–Crippen MR) is 122 cm³/mol. The van der Waals surface area contributed by atoms with Gasteiger partial charge in [0.2, 0.25) is 0 Å². The molecule has 0 saturated carbocycles. The molecule has 0 aromatic heterocycles. The highest BCUT2D eigenvalue weighted by atomic mass is 127. The Hall–Kier alpha value is -2.73. The fraction of sp³-hybridized carbons (Fsp3) is 0.238. The van der Waals surface area contributed by atoms with Gasteiger partial charge in [-0.25, -0.2) is 13.8 Å². The number of benzene rings is 2. The molecule has 10 heteroatoms. The summed E-state index contributed by atoms with van der Waals surface area (Å²) in [5.74, 6) is -2.54. The van der Waals surface area contributed by atoms with Crippen molar-refractivity contribution in [2.45, 2.75) is 12.5 Å². The number of guanidine groups is 1. The van der Waals surface area contributed by atoms with Crippen LogP contribution in [0, 0.1) is 22.1 Å². The molecular weight excluding hydrogens is 519 g/mol. The molecule has 5 N–H and O–H groups in total. The molecule has 7 nitrogen and oxygen atoms in total. The lowest BCUT2D eigenvalue weighted by molar-refractivity contribution is -0.0547. The molecule has 1 fully saturated rings. The summed E-state index contributed by atoms with van der Waals surface area (Å²) in [4.78, 5) is 18.5. The van der Waals surface area contributed by atoms with E-state index >= 15 is 0 Å². The highest BCUT2D eigenvalue weighted by Crippen LogP contribution is 2.34. The first-order valence-electron chi connectivity index (χ1n) is 9.49. The zero-order valence-corrected chi connectivity index (χ0v) is 18.7. The van der Waals surface area contributed by atoms with Crippen LogP contribution in [0.1, 0.15) is 15.9 Å². The number of rotatable bonds is 4. The Kier molecular flexibility index (Phi) is 5.60. The number of nitrogens with two attached hydrogens (primary N) is 1. The van der Waals surface area contributed by atoms with Gasteiger partial charge in [0, 0.05) is 15.8 Å². The average molecular weight is 539 g/mol. The number of amides is 1. The number of halogens is 3. The molecule has 2 aromatic rings. The quantitative estimate of drug-likeness (QED) is 0.448. The molecule has 0 radical (unpaired) electrons. The van der Waals surface area contributed by atoms with E-state index in [1.54, 1.807) is 12.1 Å². The van der Waals surface area contributed by atoms with Crippen molar-refractivity contribution in [1.29, 1.82) is 0 Å². The normalized spacial score (nSPS) is 17.3. The summed E-state index contributed by atoms with van der Waals surface area (Å²) in [6, 6.07) is 7.60. The van der Waals surface area contributed by atoms with Gasteiger partial charge in [-0.05, 0) is 71.5 Å². The molecule has 4 rings (SSSR count). The minimum absolute atomic E-state index is 0.0267. The zero-order chi connectivity index (χ0) is 22.3. The number of nitrogens with zero attached hydrogens (tertiary/aromatic N) is 2. The third-order valence-electron chi connectivity index (χ3n) is 5.26. The van der Waals surface area contributed by atoms with Crippen molar-refractivity contribution in [3.63, 3.8) is 0 Å². The van der Waals surface area contributed by atoms with Crippen LogP contribution in [0.3, 0.4) is 0 Å². The molecule has 0 unspecified atom stereocenters. The number of likely N-dealkylation sites (tertiary alicyclic amines) is 1. The minimum Gasteiger partial charge on any atom is -0.380 e. The number of β-amino-alcohol motifs (C(OH)–C–C–N with tert-alkyl or cyclic N) is 1. The number of carbonyl (C=O) groups is 1. The first-order chi connectivity index (χ1) is 14.7.